The molecule has 0 radical (unpaired) electrons. The lowest BCUT2D eigenvalue weighted by atomic mass is 9.92. The van der Waals surface area contributed by atoms with Crippen LogP contribution in [0.4, 0.5) is 0 Å². The fourth-order valence-corrected chi connectivity index (χ4v) is 2.60. The minimum Gasteiger partial charge on any atom is -0.259 e. The van der Waals surface area contributed by atoms with E-state index in [0.29, 0.717) is 0 Å². The van der Waals surface area contributed by atoms with Crippen LogP contribution < -0.4 is 0 Å². The molecule has 0 amide bonds. The maximum absolute atomic E-state index is 12.2. The van der Waals surface area contributed by atoms with Gasteiger partial charge in [-0.2, -0.15) is 0 Å². The highest BCUT2D eigenvalue weighted by molar-refractivity contribution is 7.93. The van der Waals surface area contributed by atoms with E-state index in [1.54, 1.807) is 25.6 Å². The van der Waals surface area contributed by atoms with Crippen LogP contribution in [0.15, 0.2) is 27.6 Å². The van der Waals surface area contributed by atoms with Gasteiger partial charge in [-0.1, -0.05) is 20.8 Å². The lowest BCUT2D eigenvalue weighted by Crippen LogP contribution is -2.18. The monoisotopic (exact) mass is 226 g/mol. The highest BCUT2D eigenvalue weighted by Gasteiger charge is 2.22. The molecule has 1 rings (SSSR count). The van der Waals surface area contributed by atoms with Crippen LogP contribution in [0, 0.1) is 0 Å². The minimum absolute atomic E-state index is 0.111. The minimum atomic E-state index is -2.30. The number of hydrogen-bond donors (Lipinski definition) is 0. The Morgan fingerprint density at radius 1 is 1.40 bits per heavy atom. The summed E-state index contributed by atoms with van der Waals surface area (Å²) in [5, 5.41) is 0. The lowest BCUT2D eigenvalue weighted by Gasteiger charge is -2.21. The van der Waals surface area contributed by atoms with Crippen molar-refractivity contribution in [3.63, 3.8) is 0 Å². The van der Waals surface area contributed by atoms with Crippen molar-refractivity contribution in [2.45, 2.75) is 31.1 Å². The molecular weight excluding hydrogens is 208 g/mol. The molecule has 3 nitrogen and oxygen atoms in total. The molecule has 0 aliphatic heterocycles. The maximum Gasteiger partial charge on any atom is 0.0738 e. The summed E-state index contributed by atoms with van der Waals surface area (Å²) in [4.78, 5) is 5.08. The highest BCUT2D eigenvalue weighted by Crippen LogP contribution is 2.27. The van der Waals surface area contributed by atoms with Gasteiger partial charge < -0.3 is 0 Å². The normalized spacial score (nSPS) is 15.8. The van der Waals surface area contributed by atoms with E-state index >= 15 is 0 Å². The average molecular weight is 226 g/mol. The van der Waals surface area contributed by atoms with Crippen molar-refractivity contribution >= 4 is 9.73 Å². The van der Waals surface area contributed by atoms with E-state index in [4.69, 9.17) is 0 Å². The molecule has 84 valence electrons. The predicted octanol–water partition coefficient (Wildman–Crippen LogP) is 2.47. The Bertz CT molecular complexity index is 466. The first kappa shape index (κ1) is 12.2. The first-order chi connectivity index (χ1) is 6.79. The van der Waals surface area contributed by atoms with Crippen molar-refractivity contribution < 1.29 is 4.21 Å². The third-order valence-electron chi connectivity index (χ3n) is 2.24. The first-order valence-corrected chi connectivity index (χ1v) is 6.77. The molecule has 0 spiro atoms. The molecule has 15 heavy (non-hydrogen) atoms. The van der Waals surface area contributed by atoms with E-state index in [-0.39, 0.29) is 5.41 Å². The van der Waals surface area contributed by atoms with Gasteiger partial charge in [0.15, 0.2) is 0 Å². The van der Waals surface area contributed by atoms with Crippen molar-refractivity contribution in [2.24, 2.45) is 4.36 Å². The van der Waals surface area contributed by atoms with Crippen LogP contribution in [0.1, 0.15) is 26.5 Å². The van der Waals surface area contributed by atoms with Gasteiger partial charge in [0.2, 0.25) is 0 Å². The fraction of sp³-hybridized carbons (Fsp3) is 0.545. The second-order valence-electron chi connectivity index (χ2n) is 4.59. The van der Waals surface area contributed by atoms with E-state index in [1.165, 1.54) is 0 Å². The third-order valence-corrected chi connectivity index (χ3v) is 4.08. The summed E-state index contributed by atoms with van der Waals surface area (Å²) in [6.45, 7) is 6.18. The van der Waals surface area contributed by atoms with Gasteiger partial charge >= 0.3 is 0 Å². The number of nitrogens with zero attached hydrogens (tertiary/aromatic N) is 2. The van der Waals surface area contributed by atoms with E-state index in [1.807, 2.05) is 6.07 Å². The number of aromatic nitrogens is 1. The van der Waals surface area contributed by atoms with Crippen molar-refractivity contribution in [1.82, 2.24) is 4.98 Å². The summed E-state index contributed by atoms with van der Waals surface area (Å²) in [6, 6.07) is 3.65. The van der Waals surface area contributed by atoms with E-state index < -0.39 is 9.73 Å². The molecule has 0 N–H and O–H groups in total. The van der Waals surface area contributed by atoms with Gasteiger partial charge in [0.1, 0.15) is 0 Å². The third kappa shape index (κ3) is 2.56. The molecule has 0 unspecified atom stereocenters. The van der Waals surface area contributed by atoms with Crippen LogP contribution in [0.3, 0.4) is 0 Å². The average Bonchev–Trinajstić information content (AvgIpc) is 2.16. The molecule has 0 bridgehead atoms. The highest BCUT2D eigenvalue weighted by atomic mass is 32.2. The number of hydrogen-bond acceptors (Lipinski definition) is 3. The van der Waals surface area contributed by atoms with Gasteiger partial charge in [0, 0.05) is 24.9 Å². The molecule has 0 saturated heterocycles. The first-order valence-electron chi connectivity index (χ1n) is 4.85. The summed E-state index contributed by atoms with van der Waals surface area (Å²) in [6.07, 6.45) is 3.38. The maximum atomic E-state index is 12.2. The number of pyridine rings is 1. The summed E-state index contributed by atoms with van der Waals surface area (Å²) in [5.74, 6) is 0. The molecule has 1 heterocycles. The van der Waals surface area contributed by atoms with Crippen LogP contribution in [0.5, 0.6) is 0 Å². The molecule has 0 aromatic carbocycles. The Hall–Kier alpha value is -0.900. The van der Waals surface area contributed by atoms with Crippen LogP contribution in [-0.2, 0) is 15.1 Å². The Morgan fingerprint density at radius 2 is 2.00 bits per heavy atom. The zero-order valence-electron chi connectivity index (χ0n) is 9.94. The Morgan fingerprint density at radius 3 is 2.47 bits per heavy atom. The lowest BCUT2D eigenvalue weighted by molar-refractivity contribution is 0.552. The summed E-state index contributed by atoms with van der Waals surface area (Å²) in [5.41, 5.74) is 0.753. The topological polar surface area (TPSA) is 42.3 Å². The zero-order valence-corrected chi connectivity index (χ0v) is 10.8. The summed E-state index contributed by atoms with van der Waals surface area (Å²) < 4.78 is 16.2. The molecule has 1 aromatic rings. The van der Waals surface area contributed by atoms with Crippen molar-refractivity contribution in [1.29, 1.82) is 0 Å². The quantitative estimate of drug-likeness (QED) is 0.738. The second kappa shape index (κ2) is 3.93. The molecule has 0 aliphatic rings. The van der Waals surface area contributed by atoms with E-state index in [2.05, 4.69) is 30.1 Å². The van der Waals surface area contributed by atoms with Crippen molar-refractivity contribution in [2.75, 3.05) is 13.3 Å². The van der Waals surface area contributed by atoms with Gasteiger partial charge in [-0.3, -0.25) is 4.98 Å². The molecule has 1 atom stereocenters. The van der Waals surface area contributed by atoms with Gasteiger partial charge in [0.25, 0.3) is 0 Å². The SMILES string of the molecule is CN=[S@](C)(=O)c1cccnc1C(C)(C)C. The molecule has 1 aromatic heterocycles. The van der Waals surface area contributed by atoms with Crippen LogP contribution in [0.2, 0.25) is 0 Å². The number of rotatable bonds is 1. The summed E-state index contributed by atoms with van der Waals surface area (Å²) in [7, 11) is -0.714. The van der Waals surface area contributed by atoms with Crippen LogP contribution in [-0.4, -0.2) is 22.5 Å². The van der Waals surface area contributed by atoms with Gasteiger partial charge in [-0.05, 0) is 12.1 Å². The van der Waals surface area contributed by atoms with E-state index in [0.717, 1.165) is 10.6 Å². The van der Waals surface area contributed by atoms with Gasteiger partial charge in [0.05, 0.1) is 20.3 Å². The van der Waals surface area contributed by atoms with Crippen LogP contribution >= 0.6 is 0 Å². The molecule has 4 heteroatoms. The molecule has 0 saturated carbocycles. The second-order valence-corrected chi connectivity index (χ2v) is 7.00. The van der Waals surface area contributed by atoms with Crippen molar-refractivity contribution in [3.8, 4) is 0 Å². The standard InChI is InChI=1S/C11H18N2OS/c1-11(2,3)10-9(7-6-8-13-10)15(5,14)12-4/h6-8H,1-5H3/t15-/m1/s1. The smallest absolute Gasteiger partial charge is 0.0738 e. The predicted molar refractivity (Wildman–Crippen MR) is 63.6 cm³/mol. The molecule has 0 fully saturated rings. The Kier molecular flexibility index (Phi) is 3.19. The Labute approximate surface area is 92.1 Å². The van der Waals surface area contributed by atoms with Gasteiger partial charge in [-0.25, -0.2) is 8.57 Å². The van der Waals surface area contributed by atoms with Crippen molar-refractivity contribution in [3.05, 3.63) is 24.0 Å². The fourth-order valence-electron chi connectivity index (χ4n) is 1.36. The summed E-state index contributed by atoms with van der Waals surface area (Å²) >= 11 is 0. The van der Waals surface area contributed by atoms with E-state index in [9.17, 15) is 4.21 Å². The zero-order chi connectivity index (χ0) is 11.7. The van der Waals surface area contributed by atoms with Crippen LogP contribution in [0.25, 0.3) is 0 Å². The molecule has 0 aliphatic carbocycles. The largest absolute Gasteiger partial charge is 0.259 e. The van der Waals surface area contributed by atoms with Gasteiger partial charge in [-0.15, -0.1) is 0 Å². The Balaban J connectivity index is 3.52. The molecular formula is C11H18N2OS.